The first-order valence-electron chi connectivity index (χ1n) is 6.13. The van der Waals surface area contributed by atoms with Crippen LogP contribution in [-0.2, 0) is 4.74 Å². The third-order valence-corrected chi connectivity index (χ3v) is 3.12. The van der Waals surface area contributed by atoms with Crippen molar-refractivity contribution in [2.75, 3.05) is 21.3 Å². The quantitative estimate of drug-likeness (QED) is 0.811. The van der Waals surface area contributed by atoms with E-state index in [1.54, 1.807) is 21.3 Å². The Balaban J connectivity index is 2.85. The Morgan fingerprint density at radius 2 is 1.61 bits per heavy atom. The smallest absolute Gasteiger partial charge is 0.127 e. The summed E-state index contributed by atoms with van der Waals surface area (Å²) in [6, 6.07) is 5.58. The van der Waals surface area contributed by atoms with Crippen LogP contribution in [0.1, 0.15) is 31.4 Å². The first-order valence-corrected chi connectivity index (χ1v) is 6.13. The Bertz CT molecular complexity index is 346. The highest BCUT2D eigenvalue weighted by atomic mass is 16.5. The maximum atomic E-state index is 6.24. The molecule has 0 saturated heterocycles. The van der Waals surface area contributed by atoms with E-state index in [1.807, 2.05) is 25.1 Å². The maximum Gasteiger partial charge on any atom is 0.127 e. The summed E-state index contributed by atoms with van der Waals surface area (Å²) in [5.41, 5.74) is 7.16. The van der Waals surface area contributed by atoms with Gasteiger partial charge in [-0.05, 0) is 31.9 Å². The zero-order valence-electron chi connectivity index (χ0n) is 11.6. The van der Waals surface area contributed by atoms with Crippen LogP contribution < -0.4 is 15.2 Å². The van der Waals surface area contributed by atoms with Gasteiger partial charge in [0.15, 0.2) is 0 Å². The van der Waals surface area contributed by atoms with Crippen LogP contribution in [0.2, 0.25) is 0 Å². The highest BCUT2D eigenvalue weighted by Crippen LogP contribution is 2.34. The van der Waals surface area contributed by atoms with Crippen LogP contribution in [0.25, 0.3) is 0 Å². The van der Waals surface area contributed by atoms with Crippen LogP contribution in [0.3, 0.4) is 0 Å². The highest BCUT2D eigenvalue weighted by molar-refractivity contribution is 5.46. The average Bonchev–Trinajstić information content (AvgIpc) is 2.43. The van der Waals surface area contributed by atoms with Gasteiger partial charge in [-0.25, -0.2) is 0 Å². The Kier molecular flexibility index (Phi) is 5.95. The molecule has 102 valence electrons. The molecule has 0 radical (unpaired) electrons. The first-order chi connectivity index (χ1) is 8.63. The number of nitrogens with two attached hydrogens (primary N) is 1. The Morgan fingerprint density at radius 3 is 2.06 bits per heavy atom. The van der Waals surface area contributed by atoms with Gasteiger partial charge < -0.3 is 19.9 Å². The van der Waals surface area contributed by atoms with Crippen molar-refractivity contribution in [2.24, 2.45) is 5.73 Å². The van der Waals surface area contributed by atoms with Gasteiger partial charge in [-0.2, -0.15) is 0 Å². The van der Waals surface area contributed by atoms with Crippen LogP contribution in [0.15, 0.2) is 18.2 Å². The lowest BCUT2D eigenvalue weighted by atomic mass is 9.99. The van der Waals surface area contributed by atoms with Crippen molar-refractivity contribution in [3.05, 3.63) is 23.8 Å². The number of hydrogen-bond acceptors (Lipinski definition) is 4. The fourth-order valence-electron chi connectivity index (χ4n) is 1.92. The lowest BCUT2D eigenvalue weighted by molar-refractivity contribution is 0.107. The molecule has 4 nitrogen and oxygen atoms in total. The number of ether oxygens (including phenoxy) is 3. The lowest BCUT2D eigenvalue weighted by Gasteiger charge is -2.20. The molecule has 2 N–H and O–H groups in total. The molecule has 0 saturated carbocycles. The van der Waals surface area contributed by atoms with Crippen molar-refractivity contribution in [1.29, 1.82) is 0 Å². The molecule has 0 spiro atoms. The van der Waals surface area contributed by atoms with Gasteiger partial charge in [-0.3, -0.25) is 0 Å². The van der Waals surface area contributed by atoms with Crippen molar-refractivity contribution < 1.29 is 14.2 Å². The van der Waals surface area contributed by atoms with Crippen molar-refractivity contribution in [3.8, 4) is 11.5 Å². The molecule has 0 amide bonds. The molecule has 18 heavy (non-hydrogen) atoms. The van der Waals surface area contributed by atoms with E-state index in [1.165, 1.54) is 0 Å². The second kappa shape index (κ2) is 7.24. The molecule has 2 atom stereocenters. The van der Waals surface area contributed by atoms with E-state index in [2.05, 4.69) is 0 Å². The monoisotopic (exact) mass is 253 g/mol. The number of methoxy groups -OCH3 is 3. The molecule has 2 unspecified atom stereocenters. The van der Waals surface area contributed by atoms with Gasteiger partial charge in [0.2, 0.25) is 0 Å². The van der Waals surface area contributed by atoms with Crippen LogP contribution in [-0.4, -0.2) is 27.4 Å². The van der Waals surface area contributed by atoms with E-state index in [-0.39, 0.29) is 12.1 Å². The van der Waals surface area contributed by atoms with Crippen LogP contribution in [0.5, 0.6) is 11.5 Å². The molecular weight excluding hydrogens is 230 g/mol. The molecule has 0 aliphatic rings. The molecular formula is C14H23NO3. The summed E-state index contributed by atoms with van der Waals surface area (Å²) in [5, 5.41) is 0. The molecule has 1 aromatic carbocycles. The van der Waals surface area contributed by atoms with Crippen LogP contribution >= 0.6 is 0 Å². The summed E-state index contributed by atoms with van der Waals surface area (Å²) in [7, 11) is 4.99. The van der Waals surface area contributed by atoms with E-state index < -0.39 is 0 Å². The largest absolute Gasteiger partial charge is 0.496 e. The second-order valence-corrected chi connectivity index (χ2v) is 4.31. The topological polar surface area (TPSA) is 53.7 Å². The van der Waals surface area contributed by atoms with Crippen LogP contribution in [0, 0.1) is 0 Å². The Hall–Kier alpha value is -1.26. The molecule has 1 rings (SSSR count). The number of hydrogen-bond donors (Lipinski definition) is 1. The van der Waals surface area contributed by atoms with Crippen LogP contribution in [0.4, 0.5) is 0 Å². The van der Waals surface area contributed by atoms with Gasteiger partial charge >= 0.3 is 0 Å². The normalized spacial score (nSPS) is 14.1. The molecule has 0 heterocycles. The van der Waals surface area contributed by atoms with Crippen molar-refractivity contribution >= 4 is 0 Å². The number of rotatable bonds is 7. The Morgan fingerprint density at radius 1 is 1.06 bits per heavy atom. The minimum atomic E-state index is -0.117. The van der Waals surface area contributed by atoms with Gasteiger partial charge in [0.1, 0.15) is 11.5 Å². The van der Waals surface area contributed by atoms with E-state index in [0.717, 1.165) is 29.9 Å². The summed E-state index contributed by atoms with van der Waals surface area (Å²) >= 11 is 0. The fourth-order valence-corrected chi connectivity index (χ4v) is 1.92. The van der Waals surface area contributed by atoms with Gasteiger partial charge in [0.05, 0.1) is 25.9 Å². The van der Waals surface area contributed by atoms with Crippen molar-refractivity contribution in [2.45, 2.75) is 31.9 Å². The van der Waals surface area contributed by atoms with Crippen molar-refractivity contribution in [1.82, 2.24) is 0 Å². The zero-order chi connectivity index (χ0) is 13.5. The van der Waals surface area contributed by atoms with Gasteiger partial charge in [-0.1, -0.05) is 6.07 Å². The predicted molar refractivity (Wildman–Crippen MR) is 72.2 cm³/mol. The van der Waals surface area contributed by atoms with Crippen molar-refractivity contribution in [3.63, 3.8) is 0 Å². The minimum Gasteiger partial charge on any atom is -0.496 e. The highest BCUT2D eigenvalue weighted by Gasteiger charge is 2.18. The van der Waals surface area contributed by atoms with E-state index >= 15 is 0 Å². The first kappa shape index (κ1) is 14.8. The molecule has 0 aliphatic carbocycles. The molecule has 0 fully saturated rings. The van der Waals surface area contributed by atoms with Gasteiger partial charge in [0, 0.05) is 13.2 Å². The standard InChI is InChI=1S/C14H23NO3/c1-10(16-2)8-9-11(15)14-12(17-3)6-5-7-13(14)18-4/h5-7,10-11H,8-9,15H2,1-4H3. The summed E-state index contributed by atoms with van der Waals surface area (Å²) < 4.78 is 15.9. The SMILES string of the molecule is COc1cccc(OC)c1C(N)CCC(C)OC. The van der Waals surface area contributed by atoms with Gasteiger partial charge in [0.25, 0.3) is 0 Å². The zero-order valence-corrected chi connectivity index (χ0v) is 11.6. The maximum absolute atomic E-state index is 6.24. The van der Waals surface area contributed by atoms with E-state index in [0.29, 0.717) is 0 Å². The summed E-state index contributed by atoms with van der Waals surface area (Å²) in [6.45, 7) is 2.03. The Labute approximate surface area is 109 Å². The summed E-state index contributed by atoms with van der Waals surface area (Å²) in [4.78, 5) is 0. The predicted octanol–water partition coefficient (Wildman–Crippen LogP) is 2.52. The molecule has 1 aromatic rings. The average molecular weight is 253 g/mol. The van der Waals surface area contributed by atoms with E-state index in [9.17, 15) is 0 Å². The lowest BCUT2D eigenvalue weighted by Crippen LogP contribution is -2.16. The minimum absolute atomic E-state index is 0.117. The van der Waals surface area contributed by atoms with Gasteiger partial charge in [-0.15, -0.1) is 0 Å². The second-order valence-electron chi connectivity index (χ2n) is 4.31. The number of benzene rings is 1. The molecule has 0 bridgehead atoms. The summed E-state index contributed by atoms with van der Waals surface area (Å²) in [6.07, 6.45) is 1.93. The van der Waals surface area contributed by atoms with E-state index in [4.69, 9.17) is 19.9 Å². The molecule has 0 aliphatic heterocycles. The third-order valence-electron chi connectivity index (χ3n) is 3.12. The molecule has 0 aromatic heterocycles. The fraction of sp³-hybridized carbons (Fsp3) is 0.571. The summed E-state index contributed by atoms with van der Waals surface area (Å²) in [5.74, 6) is 1.54. The molecule has 4 heteroatoms. The third kappa shape index (κ3) is 3.62.